The number of aliphatic carboxylic acids is 1. The van der Waals surface area contributed by atoms with Crippen LogP contribution in [-0.4, -0.2) is 56.6 Å². The van der Waals surface area contributed by atoms with E-state index in [4.69, 9.17) is 0 Å². The first-order valence-corrected chi connectivity index (χ1v) is 7.98. The van der Waals surface area contributed by atoms with Crippen LogP contribution in [0.3, 0.4) is 0 Å². The van der Waals surface area contributed by atoms with Gasteiger partial charge in [-0.25, -0.2) is 4.79 Å². The molecule has 1 saturated carbocycles. The average Bonchev–Trinajstić information content (AvgIpc) is 3.04. The summed E-state index contributed by atoms with van der Waals surface area (Å²) in [6, 6.07) is 0. The Morgan fingerprint density at radius 3 is 2.00 bits per heavy atom. The fraction of sp³-hybridized carbons (Fsp3) is 0.562. The second-order valence-corrected chi connectivity index (χ2v) is 6.52. The van der Waals surface area contributed by atoms with E-state index in [1.165, 1.54) is 12.2 Å². The Bertz CT molecular complexity index is 625. The molecule has 8 heteroatoms. The second-order valence-electron chi connectivity index (χ2n) is 6.52. The summed E-state index contributed by atoms with van der Waals surface area (Å²) >= 11 is 0. The van der Waals surface area contributed by atoms with Gasteiger partial charge in [0.25, 0.3) is 11.8 Å². The van der Waals surface area contributed by atoms with Gasteiger partial charge < -0.3 is 5.11 Å². The predicted molar refractivity (Wildman–Crippen MR) is 79.3 cm³/mol. The van der Waals surface area contributed by atoms with Crippen molar-refractivity contribution in [1.82, 2.24) is 9.80 Å². The van der Waals surface area contributed by atoms with Crippen molar-refractivity contribution >= 4 is 29.6 Å². The largest absolute Gasteiger partial charge is 0.479 e. The van der Waals surface area contributed by atoms with E-state index in [-0.39, 0.29) is 50.0 Å². The van der Waals surface area contributed by atoms with Gasteiger partial charge in [0.2, 0.25) is 11.8 Å². The number of rotatable bonds is 4. The van der Waals surface area contributed by atoms with E-state index in [1.807, 2.05) is 0 Å². The van der Waals surface area contributed by atoms with Gasteiger partial charge in [-0.2, -0.15) is 0 Å². The molecule has 4 amide bonds. The SMILES string of the molecule is O=C1C=CC(=O)N1CC1CCC(C(=O)O)(N2C(=O)CCC2=O)CC1. The summed E-state index contributed by atoms with van der Waals surface area (Å²) in [6.07, 6.45) is 3.70. The lowest BCUT2D eigenvalue weighted by Crippen LogP contribution is -2.59. The number of carbonyl (C=O) groups excluding carboxylic acids is 4. The summed E-state index contributed by atoms with van der Waals surface area (Å²) in [5.74, 6) is -2.79. The molecule has 2 heterocycles. The van der Waals surface area contributed by atoms with Crippen molar-refractivity contribution in [2.45, 2.75) is 44.1 Å². The molecule has 8 nitrogen and oxygen atoms in total. The minimum Gasteiger partial charge on any atom is -0.479 e. The minimum atomic E-state index is -1.49. The molecule has 1 saturated heterocycles. The molecule has 0 atom stereocenters. The molecule has 0 aromatic heterocycles. The lowest BCUT2D eigenvalue weighted by molar-refractivity contribution is -0.166. The maximum Gasteiger partial charge on any atom is 0.330 e. The highest BCUT2D eigenvalue weighted by molar-refractivity contribution is 6.12. The average molecular weight is 334 g/mol. The van der Waals surface area contributed by atoms with Crippen molar-refractivity contribution in [3.05, 3.63) is 12.2 Å². The zero-order valence-corrected chi connectivity index (χ0v) is 13.1. The normalized spacial score (nSPS) is 30.6. The predicted octanol–water partition coefficient (Wildman–Crippen LogP) is 0.0740. The van der Waals surface area contributed by atoms with E-state index in [9.17, 15) is 29.1 Å². The first-order valence-electron chi connectivity index (χ1n) is 7.98. The molecule has 24 heavy (non-hydrogen) atoms. The van der Waals surface area contributed by atoms with Crippen LogP contribution < -0.4 is 0 Å². The molecule has 0 bridgehead atoms. The molecule has 0 aromatic rings. The van der Waals surface area contributed by atoms with E-state index < -0.39 is 23.3 Å². The Morgan fingerprint density at radius 2 is 1.54 bits per heavy atom. The van der Waals surface area contributed by atoms with Crippen molar-refractivity contribution in [2.24, 2.45) is 5.92 Å². The van der Waals surface area contributed by atoms with E-state index in [0.717, 1.165) is 9.80 Å². The Balaban J connectivity index is 1.70. The van der Waals surface area contributed by atoms with Crippen LogP contribution in [-0.2, 0) is 24.0 Å². The molecule has 0 spiro atoms. The molecule has 0 unspecified atom stereocenters. The summed E-state index contributed by atoms with van der Waals surface area (Å²) in [7, 11) is 0. The fourth-order valence-electron chi connectivity index (χ4n) is 3.79. The van der Waals surface area contributed by atoms with Gasteiger partial charge in [-0.1, -0.05) is 0 Å². The van der Waals surface area contributed by atoms with Gasteiger partial charge in [0.1, 0.15) is 5.54 Å². The Hall–Kier alpha value is -2.51. The summed E-state index contributed by atoms with van der Waals surface area (Å²) in [5, 5.41) is 9.66. The number of hydrogen-bond acceptors (Lipinski definition) is 5. The standard InChI is InChI=1S/C16H18N2O6/c19-11-1-2-12(20)17(11)9-10-5-7-16(8-6-10,15(23)24)18-13(21)3-4-14(18)22/h1-2,10H,3-9H2,(H,23,24). The molecule has 2 aliphatic heterocycles. The number of amides is 4. The highest BCUT2D eigenvalue weighted by Gasteiger charge is 2.53. The number of carboxylic acids is 1. The number of hydrogen-bond donors (Lipinski definition) is 1. The van der Waals surface area contributed by atoms with Gasteiger partial charge in [0.15, 0.2) is 0 Å². The number of likely N-dealkylation sites (tertiary alicyclic amines) is 1. The van der Waals surface area contributed by atoms with Gasteiger partial charge in [0.05, 0.1) is 0 Å². The van der Waals surface area contributed by atoms with Crippen molar-refractivity contribution in [2.75, 3.05) is 6.54 Å². The maximum atomic E-state index is 12.0. The number of imide groups is 2. The molecular formula is C16H18N2O6. The van der Waals surface area contributed by atoms with Crippen molar-refractivity contribution in [3.8, 4) is 0 Å². The van der Waals surface area contributed by atoms with Crippen LogP contribution in [0.1, 0.15) is 38.5 Å². The van der Waals surface area contributed by atoms with Crippen molar-refractivity contribution < 1.29 is 29.1 Å². The van der Waals surface area contributed by atoms with Gasteiger partial charge >= 0.3 is 5.97 Å². The second kappa shape index (κ2) is 5.85. The third-order valence-electron chi connectivity index (χ3n) is 5.15. The first kappa shape index (κ1) is 16.4. The molecule has 128 valence electrons. The Kier molecular flexibility index (Phi) is 3.98. The van der Waals surface area contributed by atoms with Crippen LogP contribution in [0, 0.1) is 5.92 Å². The molecule has 2 fully saturated rings. The zero-order valence-electron chi connectivity index (χ0n) is 13.1. The first-order chi connectivity index (χ1) is 11.3. The lowest BCUT2D eigenvalue weighted by atomic mass is 9.75. The molecule has 1 aliphatic carbocycles. The van der Waals surface area contributed by atoms with Crippen LogP contribution >= 0.6 is 0 Å². The number of carbonyl (C=O) groups is 5. The van der Waals surface area contributed by atoms with Crippen molar-refractivity contribution in [3.63, 3.8) is 0 Å². The summed E-state index contributed by atoms with van der Waals surface area (Å²) < 4.78 is 0. The topological polar surface area (TPSA) is 112 Å². The summed E-state index contributed by atoms with van der Waals surface area (Å²) in [4.78, 5) is 61.1. The molecule has 3 aliphatic rings. The molecule has 1 N–H and O–H groups in total. The van der Waals surface area contributed by atoms with Crippen LogP contribution in [0.2, 0.25) is 0 Å². The van der Waals surface area contributed by atoms with Gasteiger partial charge in [0, 0.05) is 31.5 Å². The van der Waals surface area contributed by atoms with Crippen molar-refractivity contribution in [1.29, 1.82) is 0 Å². The van der Waals surface area contributed by atoms with E-state index in [1.54, 1.807) is 0 Å². The smallest absolute Gasteiger partial charge is 0.330 e. The summed E-state index contributed by atoms with van der Waals surface area (Å²) in [6.45, 7) is 0.238. The minimum absolute atomic E-state index is 0.0296. The molecule has 0 radical (unpaired) electrons. The monoisotopic (exact) mass is 334 g/mol. The van der Waals surface area contributed by atoms with Gasteiger partial charge in [-0.3, -0.25) is 29.0 Å². The quantitative estimate of drug-likeness (QED) is 0.728. The maximum absolute atomic E-state index is 12.0. The highest BCUT2D eigenvalue weighted by atomic mass is 16.4. The van der Waals surface area contributed by atoms with Crippen LogP contribution in [0.15, 0.2) is 12.2 Å². The highest BCUT2D eigenvalue weighted by Crippen LogP contribution is 2.40. The number of carboxylic acid groups (broad SMARTS) is 1. The lowest BCUT2D eigenvalue weighted by Gasteiger charge is -2.42. The van der Waals surface area contributed by atoms with Crippen LogP contribution in [0.25, 0.3) is 0 Å². The zero-order chi connectivity index (χ0) is 17.5. The Labute approximate surface area is 138 Å². The van der Waals surface area contributed by atoms with E-state index in [2.05, 4.69) is 0 Å². The fourth-order valence-corrected chi connectivity index (χ4v) is 3.79. The summed E-state index contributed by atoms with van der Waals surface area (Å²) in [5.41, 5.74) is -1.49. The molecule has 0 aromatic carbocycles. The van der Waals surface area contributed by atoms with Gasteiger partial charge in [-0.05, 0) is 31.6 Å². The molecule has 3 rings (SSSR count). The van der Waals surface area contributed by atoms with E-state index >= 15 is 0 Å². The van der Waals surface area contributed by atoms with Gasteiger partial charge in [-0.15, -0.1) is 0 Å². The third-order valence-corrected chi connectivity index (χ3v) is 5.15. The third kappa shape index (κ3) is 2.51. The van der Waals surface area contributed by atoms with Crippen LogP contribution in [0.4, 0.5) is 0 Å². The number of nitrogens with zero attached hydrogens (tertiary/aromatic N) is 2. The van der Waals surface area contributed by atoms with Crippen LogP contribution in [0.5, 0.6) is 0 Å². The van der Waals surface area contributed by atoms with E-state index in [0.29, 0.717) is 12.8 Å². The Morgan fingerprint density at radius 1 is 1.04 bits per heavy atom. The molecular weight excluding hydrogens is 316 g/mol.